The Balaban J connectivity index is 2.01. The maximum Gasteiger partial charge on any atom is 0.337 e. The number of methoxy groups -OCH3 is 1. The number of hydrazine groups is 1. The average molecular weight is 367 g/mol. The summed E-state index contributed by atoms with van der Waals surface area (Å²) in [7, 11) is 1.52. The van der Waals surface area contributed by atoms with Gasteiger partial charge in [0.2, 0.25) is 0 Å². The molecular weight excluding hydrogens is 346 g/mol. The number of rotatable bonds is 6. The first-order valence-corrected chi connectivity index (χ1v) is 8.13. The summed E-state index contributed by atoms with van der Waals surface area (Å²) in [5.41, 5.74) is 6.26. The monoisotopic (exact) mass is 367 g/mol. The molecule has 0 bridgehead atoms. The molecule has 7 nitrogen and oxygen atoms in total. The molecule has 0 fully saturated rings. The Hall–Kier alpha value is -3.74. The van der Waals surface area contributed by atoms with Crippen molar-refractivity contribution in [3.63, 3.8) is 0 Å². The molecule has 2 aromatic carbocycles. The molecule has 2 aromatic rings. The lowest BCUT2D eigenvalue weighted by Gasteiger charge is -2.14. The summed E-state index contributed by atoms with van der Waals surface area (Å²) < 4.78 is 10.7. The van der Waals surface area contributed by atoms with Crippen molar-refractivity contribution in [3.05, 3.63) is 78.6 Å². The zero-order valence-corrected chi connectivity index (χ0v) is 15.1. The van der Waals surface area contributed by atoms with Crippen molar-refractivity contribution < 1.29 is 19.1 Å². The van der Waals surface area contributed by atoms with E-state index in [1.54, 1.807) is 54.6 Å². The van der Waals surface area contributed by atoms with E-state index in [4.69, 9.17) is 9.47 Å². The van der Waals surface area contributed by atoms with Gasteiger partial charge < -0.3 is 14.8 Å². The lowest BCUT2D eigenvalue weighted by Crippen LogP contribution is -2.43. The van der Waals surface area contributed by atoms with E-state index in [2.05, 4.69) is 22.7 Å². The second-order valence-corrected chi connectivity index (χ2v) is 5.25. The van der Waals surface area contributed by atoms with Crippen LogP contribution in [0, 0.1) is 0 Å². The second-order valence-electron chi connectivity index (χ2n) is 5.25. The van der Waals surface area contributed by atoms with Crippen LogP contribution in [0.3, 0.4) is 0 Å². The molecule has 0 unspecified atom stereocenters. The van der Waals surface area contributed by atoms with Crippen LogP contribution in [0.4, 0.5) is 10.5 Å². The van der Waals surface area contributed by atoms with Gasteiger partial charge in [0.05, 0.1) is 18.9 Å². The van der Waals surface area contributed by atoms with Crippen LogP contribution in [0.1, 0.15) is 22.8 Å². The van der Waals surface area contributed by atoms with Crippen LogP contribution in [0.5, 0.6) is 5.75 Å². The Labute approximate surface area is 157 Å². The highest BCUT2D eigenvalue weighted by Gasteiger charge is 2.12. The Bertz CT molecular complexity index is 848. The SMILES string of the molecule is C=CO/C(=C\C)c1ccc(NC(=O)NNC(=O)c2ccccc2)cc1OC. The van der Waals surface area contributed by atoms with Crippen LogP contribution in [0.15, 0.2) is 67.4 Å². The van der Waals surface area contributed by atoms with Crippen LogP contribution >= 0.6 is 0 Å². The molecule has 3 amide bonds. The van der Waals surface area contributed by atoms with E-state index in [-0.39, 0.29) is 0 Å². The van der Waals surface area contributed by atoms with E-state index >= 15 is 0 Å². The lowest BCUT2D eigenvalue weighted by atomic mass is 10.1. The molecule has 7 heteroatoms. The second kappa shape index (κ2) is 9.67. The summed E-state index contributed by atoms with van der Waals surface area (Å²) >= 11 is 0. The summed E-state index contributed by atoms with van der Waals surface area (Å²) in [6, 6.07) is 13.0. The fraction of sp³-hybridized carbons (Fsp3) is 0.100. The smallest absolute Gasteiger partial charge is 0.337 e. The number of nitrogens with one attached hydrogen (secondary N) is 3. The van der Waals surface area contributed by atoms with Gasteiger partial charge in [-0.25, -0.2) is 10.2 Å². The molecule has 0 spiro atoms. The van der Waals surface area contributed by atoms with E-state index in [1.165, 1.54) is 13.4 Å². The van der Waals surface area contributed by atoms with Crippen molar-refractivity contribution >= 4 is 23.4 Å². The Morgan fingerprint density at radius 2 is 1.81 bits per heavy atom. The molecular formula is C20H21N3O4. The lowest BCUT2D eigenvalue weighted by molar-refractivity contribution is 0.0938. The highest BCUT2D eigenvalue weighted by molar-refractivity contribution is 5.97. The molecule has 140 valence electrons. The number of allylic oxidation sites excluding steroid dienone is 1. The summed E-state index contributed by atoms with van der Waals surface area (Å²) in [4.78, 5) is 23.9. The topological polar surface area (TPSA) is 88.7 Å². The molecule has 0 aromatic heterocycles. The van der Waals surface area contributed by atoms with Crippen molar-refractivity contribution in [3.8, 4) is 5.75 Å². The minimum Gasteiger partial charge on any atom is -0.496 e. The first kappa shape index (κ1) is 19.6. The molecule has 2 rings (SSSR count). The fourth-order valence-electron chi connectivity index (χ4n) is 2.29. The van der Waals surface area contributed by atoms with Crippen molar-refractivity contribution in [2.45, 2.75) is 6.92 Å². The van der Waals surface area contributed by atoms with Gasteiger partial charge in [-0.1, -0.05) is 24.8 Å². The van der Waals surface area contributed by atoms with E-state index in [0.717, 1.165) is 0 Å². The maximum absolute atomic E-state index is 12.0. The maximum atomic E-state index is 12.0. The summed E-state index contributed by atoms with van der Waals surface area (Å²) in [6.45, 7) is 5.37. The molecule has 3 N–H and O–H groups in total. The number of amides is 3. The number of ether oxygens (including phenoxy) is 2. The van der Waals surface area contributed by atoms with Crippen LogP contribution < -0.4 is 20.9 Å². The van der Waals surface area contributed by atoms with Gasteiger partial charge in [-0.2, -0.15) is 0 Å². The number of carbonyl (C=O) groups excluding carboxylic acids is 2. The van der Waals surface area contributed by atoms with Crippen molar-refractivity contribution in [2.24, 2.45) is 0 Å². The number of benzene rings is 2. The standard InChI is InChI=1S/C20H21N3O4/c1-4-17(27-5-2)16-12-11-15(13-18(16)26-3)21-20(25)23-22-19(24)14-9-7-6-8-10-14/h4-13H,2H2,1,3H3,(H,22,24)(H2,21,23,25)/b17-4-. The molecule has 0 saturated heterocycles. The molecule has 0 aliphatic rings. The molecule has 0 atom stereocenters. The predicted octanol–water partition coefficient (Wildman–Crippen LogP) is 3.68. The van der Waals surface area contributed by atoms with E-state index in [0.29, 0.717) is 28.3 Å². The third-order valence-corrected chi connectivity index (χ3v) is 3.52. The van der Waals surface area contributed by atoms with E-state index in [9.17, 15) is 9.59 Å². The number of urea groups is 1. The summed E-state index contributed by atoms with van der Waals surface area (Å²) in [5, 5.41) is 2.61. The van der Waals surface area contributed by atoms with Crippen LogP contribution in [0.25, 0.3) is 5.76 Å². The van der Waals surface area contributed by atoms with Crippen LogP contribution in [0.2, 0.25) is 0 Å². The van der Waals surface area contributed by atoms with Gasteiger partial charge in [0.1, 0.15) is 11.5 Å². The van der Waals surface area contributed by atoms with Crippen LogP contribution in [-0.4, -0.2) is 19.0 Å². The molecule has 0 aliphatic heterocycles. The van der Waals surface area contributed by atoms with Crippen molar-refractivity contribution in [2.75, 3.05) is 12.4 Å². The first-order chi connectivity index (χ1) is 13.1. The average Bonchev–Trinajstić information content (AvgIpc) is 2.71. The molecule has 0 saturated carbocycles. The number of carbonyl (C=O) groups is 2. The van der Waals surface area contributed by atoms with Gasteiger partial charge in [0.25, 0.3) is 5.91 Å². The number of hydrogen-bond acceptors (Lipinski definition) is 4. The molecule has 0 radical (unpaired) electrons. The summed E-state index contributed by atoms with van der Waals surface area (Å²) in [5.74, 6) is 0.669. The Morgan fingerprint density at radius 3 is 2.44 bits per heavy atom. The van der Waals surface area contributed by atoms with E-state index in [1.807, 2.05) is 6.92 Å². The Morgan fingerprint density at radius 1 is 1.07 bits per heavy atom. The third kappa shape index (κ3) is 5.37. The normalized spacial score (nSPS) is 10.5. The van der Waals surface area contributed by atoms with Gasteiger partial charge in [0.15, 0.2) is 0 Å². The number of anilines is 1. The highest BCUT2D eigenvalue weighted by Crippen LogP contribution is 2.30. The van der Waals surface area contributed by atoms with Gasteiger partial charge in [-0.05, 0) is 37.3 Å². The predicted molar refractivity (Wildman–Crippen MR) is 104 cm³/mol. The van der Waals surface area contributed by atoms with Gasteiger partial charge in [0, 0.05) is 17.3 Å². The van der Waals surface area contributed by atoms with Crippen molar-refractivity contribution in [1.82, 2.24) is 10.9 Å². The minimum atomic E-state index is -0.595. The fourth-order valence-corrected chi connectivity index (χ4v) is 2.29. The zero-order valence-electron chi connectivity index (χ0n) is 15.1. The first-order valence-electron chi connectivity index (χ1n) is 8.13. The van der Waals surface area contributed by atoms with Crippen molar-refractivity contribution in [1.29, 1.82) is 0 Å². The van der Waals surface area contributed by atoms with Gasteiger partial charge in [-0.15, -0.1) is 0 Å². The van der Waals surface area contributed by atoms with Gasteiger partial charge in [-0.3, -0.25) is 10.2 Å². The molecule has 0 heterocycles. The van der Waals surface area contributed by atoms with Gasteiger partial charge >= 0.3 is 6.03 Å². The third-order valence-electron chi connectivity index (χ3n) is 3.52. The minimum absolute atomic E-state index is 0.419. The zero-order chi connectivity index (χ0) is 19.6. The quantitative estimate of drug-likeness (QED) is 0.537. The number of hydrogen-bond donors (Lipinski definition) is 3. The molecule has 27 heavy (non-hydrogen) atoms. The van der Waals surface area contributed by atoms with E-state index < -0.39 is 11.9 Å². The Kier molecular flexibility index (Phi) is 7.01. The summed E-state index contributed by atoms with van der Waals surface area (Å²) in [6.07, 6.45) is 3.10. The largest absolute Gasteiger partial charge is 0.496 e. The molecule has 0 aliphatic carbocycles. The van der Waals surface area contributed by atoms with Crippen LogP contribution in [-0.2, 0) is 4.74 Å². The highest BCUT2D eigenvalue weighted by atomic mass is 16.5.